The van der Waals surface area contributed by atoms with Crippen molar-refractivity contribution in [3.63, 3.8) is 0 Å². The largest absolute Gasteiger partial charge is 0.503 e. The fourth-order valence-corrected chi connectivity index (χ4v) is 4.39. The fraction of sp³-hybridized carbons (Fsp3) is 0.0909. The molecule has 8 heteroatoms. The highest BCUT2D eigenvalue weighted by atomic mass is 79.9. The summed E-state index contributed by atoms with van der Waals surface area (Å²) < 4.78 is 0.791. The van der Waals surface area contributed by atoms with E-state index in [-0.39, 0.29) is 5.57 Å². The van der Waals surface area contributed by atoms with Gasteiger partial charge in [0.25, 0.3) is 5.91 Å². The fourth-order valence-electron chi connectivity index (χ4n) is 3.26. The zero-order valence-electron chi connectivity index (χ0n) is 15.8. The van der Waals surface area contributed by atoms with Crippen LogP contribution in [-0.4, -0.2) is 27.0 Å². The Labute approximate surface area is 185 Å². The lowest BCUT2D eigenvalue weighted by Crippen LogP contribution is -2.30. The molecule has 6 nitrogen and oxygen atoms in total. The van der Waals surface area contributed by atoms with E-state index in [4.69, 9.17) is 0 Å². The molecule has 1 N–H and O–H groups in total. The third kappa shape index (κ3) is 3.83. The van der Waals surface area contributed by atoms with Crippen molar-refractivity contribution in [2.75, 3.05) is 4.90 Å². The second-order valence-electron chi connectivity index (χ2n) is 6.61. The predicted molar refractivity (Wildman–Crippen MR) is 119 cm³/mol. The third-order valence-corrected chi connectivity index (χ3v) is 5.92. The van der Waals surface area contributed by atoms with Gasteiger partial charge in [0, 0.05) is 4.47 Å². The molecule has 1 atom stereocenters. The van der Waals surface area contributed by atoms with Crippen molar-refractivity contribution in [3.05, 3.63) is 92.6 Å². The average molecular weight is 482 g/mol. The number of nitrogens with zero attached hydrogens (tertiary/aromatic N) is 3. The van der Waals surface area contributed by atoms with Crippen molar-refractivity contribution in [1.82, 2.24) is 10.2 Å². The normalized spacial score (nSPS) is 16.7. The molecule has 0 fully saturated rings. The predicted octanol–water partition coefficient (Wildman–Crippen LogP) is 4.79. The lowest BCUT2D eigenvalue weighted by Gasteiger charge is -2.23. The van der Waals surface area contributed by atoms with Crippen LogP contribution in [0, 0.1) is 6.92 Å². The van der Waals surface area contributed by atoms with Crippen LogP contribution in [0.5, 0.6) is 0 Å². The van der Waals surface area contributed by atoms with E-state index in [0.717, 1.165) is 10.0 Å². The first-order valence-corrected chi connectivity index (χ1v) is 10.7. The van der Waals surface area contributed by atoms with Gasteiger partial charge in [-0.3, -0.25) is 14.5 Å². The molecule has 0 bridgehead atoms. The summed E-state index contributed by atoms with van der Waals surface area (Å²) in [6.45, 7) is 1.78. The molecule has 0 saturated carbocycles. The van der Waals surface area contributed by atoms with E-state index >= 15 is 0 Å². The first kappa shape index (κ1) is 20.2. The summed E-state index contributed by atoms with van der Waals surface area (Å²) >= 11 is 4.65. The Morgan fingerprint density at radius 2 is 1.93 bits per heavy atom. The molecule has 3 aromatic rings. The molecule has 1 aliphatic heterocycles. The van der Waals surface area contributed by atoms with Gasteiger partial charge in [0.15, 0.2) is 11.5 Å². The maximum Gasteiger partial charge on any atom is 0.296 e. The second kappa shape index (κ2) is 8.33. The van der Waals surface area contributed by atoms with Gasteiger partial charge >= 0.3 is 0 Å². The maximum atomic E-state index is 13.1. The van der Waals surface area contributed by atoms with E-state index in [1.807, 2.05) is 48.5 Å². The van der Waals surface area contributed by atoms with Gasteiger partial charge in [-0.2, -0.15) is 0 Å². The molecular formula is C22H16BrN3O3S. The molecule has 0 saturated heterocycles. The van der Waals surface area contributed by atoms with Gasteiger partial charge in [-0.15, -0.1) is 10.2 Å². The van der Waals surface area contributed by atoms with Crippen LogP contribution in [0.25, 0.3) is 6.08 Å². The number of benzene rings is 2. The van der Waals surface area contributed by atoms with Crippen LogP contribution in [0.3, 0.4) is 0 Å². The van der Waals surface area contributed by atoms with Crippen molar-refractivity contribution in [3.8, 4) is 0 Å². The van der Waals surface area contributed by atoms with Crippen molar-refractivity contribution in [2.24, 2.45) is 0 Å². The van der Waals surface area contributed by atoms with Crippen LogP contribution in [0.15, 0.2) is 76.5 Å². The average Bonchev–Trinajstić information content (AvgIpc) is 3.28. The van der Waals surface area contributed by atoms with Gasteiger partial charge in [0.05, 0.1) is 11.6 Å². The summed E-state index contributed by atoms with van der Waals surface area (Å²) in [6.07, 6.45) is 3.02. The number of amides is 1. The van der Waals surface area contributed by atoms with Crippen molar-refractivity contribution >= 4 is 50.2 Å². The number of halogens is 1. The second-order valence-corrected chi connectivity index (χ2v) is 8.68. The van der Waals surface area contributed by atoms with Gasteiger partial charge in [-0.1, -0.05) is 75.8 Å². The number of aliphatic hydroxyl groups is 1. The van der Waals surface area contributed by atoms with Gasteiger partial charge in [0.2, 0.25) is 5.13 Å². The van der Waals surface area contributed by atoms with Gasteiger partial charge in [0.1, 0.15) is 5.01 Å². The SMILES string of the molecule is Cc1nnc(N2C(=O)C(O)=C(C(=O)/C=C/c3ccccc3)C2c2cccc(Br)c2)s1. The van der Waals surface area contributed by atoms with Gasteiger partial charge in [-0.05, 0) is 36.3 Å². The first-order valence-electron chi connectivity index (χ1n) is 9.05. The minimum Gasteiger partial charge on any atom is -0.503 e. The highest BCUT2D eigenvalue weighted by Gasteiger charge is 2.45. The molecule has 30 heavy (non-hydrogen) atoms. The number of rotatable bonds is 5. The zero-order chi connectivity index (χ0) is 21.3. The van der Waals surface area contributed by atoms with Crippen molar-refractivity contribution < 1.29 is 14.7 Å². The molecule has 0 aliphatic carbocycles. The van der Waals surface area contributed by atoms with Crippen molar-refractivity contribution in [2.45, 2.75) is 13.0 Å². The summed E-state index contributed by atoms with van der Waals surface area (Å²) in [7, 11) is 0. The van der Waals surface area contributed by atoms with E-state index < -0.39 is 23.5 Å². The zero-order valence-corrected chi connectivity index (χ0v) is 18.2. The maximum absolute atomic E-state index is 13.1. The molecule has 2 aromatic carbocycles. The minimum atomic E-state index is -0.810. The summed E-state index contributed by atoms with van der Waals surface area (Å²) in [5.41, 5.74) is 1.52. The number of allylic oxidation sites excluding steroid dienone is 1. The van der Waals surface area contributed by atoms with Crippen molar-refractivity contribution in [1.29, 1.82) is 0 Å². The highest BCUT2D eigenvalue weighted by molar-refractivity contribution is 9.10. The highest BCUT2D eigenvalue weighted by Crippen LogP contribution is 2.42. The number of hydrogen-bond acceptors (Lipinski definition) is 6. The summed E-state index contributed by atoms with van der Waals surface area (Å²) in [4.78, 5) is 27.4. The lowest BCUT2D eigenvalue weighted by atomic mass is 9.96. The van der Waals surface area contributed by atoms with E-state index in [1.165, 1.54) is 22.3 Å². The van der Waals surface area contributed by atoms with Gasteiger partial charge in [-0.25, -0.2) is 0 Å². The van der Waals surface area contributed by atoms with Crippen LogP contribution in [-0.2, 0) is 9.59 Å². The quantitative estimate of drug-likeness (QED) is 0.529. The first-order chi connectivity index (χ1) is 14.5. The number of aryl methyl sites for hydroxylation is 1. The van der Waals surface area contributed by atoms with Crippen LogP contribution >= 0.6 is 27.3 Å². The standard InChI is InChI=1S/C22H16BrN3O3S/c1-13-24-25-22(30-13)26-19(15-8-5-9-16(23)12-15)18(20(28)21(26)29)17(27)11-10-14-6-3-2-4-7-14/h2-12,19,28H,1H3/b11-10+. The smallest absolute Gasteiger partial charge is 0.296 e. The Kier molecular flexibility index (Phi) is 5.61. The lowest BCUT2D eigenvalue weighted by molar-refractivity contribution is -0.117. The molecular weight excluding hydrogens is 466 g/mol. The molecule has 1 aromatic heterocycles. The molecule has 0 spiro atoms. The molecule has 150 valence electrons. The molecule has 1 amide bonds. The Bertz CT molecular complexity index is 1190. The number of carbonyl (C=O) groups is 2. The molecule has 1 unspecified atom stereocenters. The number of carbonyl (C=O) groups excluding carboxylic acids is 2. The summed E-state index contributed by atoms with van der Waals surface area (Å²) in [5, 5.41) is 19.7. The summed E-state index contributed by atoms with van der Waals surface area (Å²) in [5.74, 6) is -1.69. The summed E-state index contributed by atoms with van der Waals surface area (Å²) in [6, 6.07) is 15.8. The molecule has 0 radical (unpaired) electrons. The minimum absolute atomic E-state index is 0.0122. The Balaban J connectivity index is 1.79. The van der Waals surface area contributed by atoms with E-state index in [1.54, 1.807) is 19.1 Å². The molecule has 4 rings (SSSR count). The van der Waals surface area contributed by atoms with Crippen LogP contribution in [0.4, 0.5) is 5.13 Å². The number of ketones is 1. The van der Waals surface area contributed by atoms with Crippen LogP contribution < -0.4 is 4.90 Å². The monoisotopic (exact) mass is 481 g/mol. The van der Waals surface area contributed by atoms with Crippen LogP contribution in [0.2, 0.25) is 0 Å². The van der Waals surface area contributed by atoms with Gasteiger partial charge < -0.3 is 5.11 Å². The number of anilines is 1. The Morgan fingerprint density at radius 3 is 2.60 bits per heavy atom. The Hall–Kier alpha value is -3.10. The van der Waals surface area contributed by atoms with Crippen LogP contribution in [0.1, 0.15) is 22.2 Å². The number of aliphatic hydroxyl groups excluding tert-OH is 1. The third-order valence-electron chi connectivity index (χ3n) is 4.59. The topological polar surface area (TPSA) is 83.4 Å². The van der Waals surface area contributed by atoms with E-state index in [2.05, 4.69) is 26.1 Å². The molecule has 1 aliphatic rings. The number of hydrogen-bond donors (Lipinski definition) is 1. The Morgan fingerprint density at radius 1 is 1.17 bits per heavy atom. The number of aromatic nitrogens is 2. The van der Waals surface area contributed by atoms with E-state index in [0.29, 0.717) is 15.7 Å². The van der Waals surface area contributed by atoms with E-state index in [9.17, 15) is 14.7 Å². The molecule has 2 heterocycles.